The Labute approximate surface area is 295 Å². The van der Waals surface area contributed by atoms with Gasteiger partial charge in [-0.2, -0.15) is 0 Å². The summed E-state index contributed by atoms with van der Waals surface area (Å²) >= 11 is 0. The molecule has 2 heterocycles. The van der Waals surface area contributed by atoms with Crippen LogP contribution in [-0.4, -0.2) is 26.2 Å². The first-order valence-corrected chi connectivity index (χ1v) is 17.7. The maximum atomic E-state index is 13.2. The van der Waals surface area contributed by atoms with E-state index in [1.54, 1.807) is 0 Å². The van der Waals surface area contributed by atoms with Gasteiger partial charge in [0.05, 0.1) is 12.7 Å². The second-order valence-electron chi connectivity index (χ2n) is 12.8. The molecule has 1 unspecified atom stereocenters. The van der Waals surface area contributed by atoms with Crippen LogP contribution in [0, 0.1) is 6.92 Å². The van der Waals surface area contributed by atoms with E-state index in [0.717, 1.165) is 51.7 Å². The minimum atomic E-state index is -0.885. The fourth-order valence-corrected chi connectivity index (χ4v) is 7.18. The molecule has 0 saturated carbocycles. The molecular formula is C46H43NO3. The van der Waals surface area contributed by atoms with Crippen LogP contribution < -0.4 is 9.64 Å². The number of methoxy groups -OCH3 is 1. The monoisotopic (exact) mass is 657 g/mol. The van der Waals surface area contributed by atoms with Crippen molar-refractivity contribution < 1.29 is 14.3 Å². The quantitative estimate of drug-likeness (QED) is 0.167. The molecule has 0 bridgehead atoms. The molecule has 250 valence electrons. The largest absolute Gasteiger partial charge is 0.472 e. The molecule has 1 atom stereocenters. The first-order valence-electron chi connectivity index (χ1n) is 17.7. The fraction of sp³-hybridized carbons (Fsp3) is 0.196. The summed E-state index contributed by atoms with van der Waals surface area (Å²) in [6, 6.07) is 44.6. The smallest absolute Gasteiger partial charge is 0.338 e. The number of benzene rings is 6. The van der Waals surface area contributed by atoms with Gasteiger partial charge in [-0.1, -0.05) is 123 Å². The molecule has 0 aromatic heterocycles. The van der Waals surface area contributed by atoms with Crippen LogP contribution in [0.15, 0.2) is 133 Å². The topological polar surface area (TPSA) is 38.8 Å². The second kappa shape index (κ2) is 14.1. The van der Waals surface area contributed by atoms with Crippen molar-refractivity contribution >= 4 is 28.5 Å². The second-order valence-corrected chi connectivity index (χ2v) is 12.8. The highest BCUT2D eigenvalue weighted by molar-refractivity contribution is 6.05. The van der Waals surface area contributed by atoms with E-state index in [1.165, 1.54) is 42.3 Å². The number of carbonyl (C=O) groups is 1. The number of esters is 1. The van der Waals surface area contributed by atoms with E-state index in [1.807, 2.05) is 44.2 Å². The minimum Gasteiger partial charge on any atom is -0.472 e. The third-order valence-corrected chi connectivity index (χ3v) is 9.86. The van der Waals surface area contributed by atoms with Crippen LogP contribution in [-0.2, 0) is 10.3 Å². The summed E-state index contributed by atoms with van der Waals surface area (Å²) in [5.74, 6) is 0.278. The van der Waals surface area contributed by atoms with Gasteiger partial charge >= 0.3 is 5.97 Å². The van der Waals surface area contributed by atoms with Crippen LogP contribution in [0.4, 0.5) is 5.69 Å². The highest BCUT2D eigenvalue weighted by Gasteiger charge is 2.39. The molecule has 2 aliphatic rings. The molecule has 6 aromatic carbocycles. The van der Waals surface area contributed by atoms with Gasteiger partial charge < -0.3 is 14.4 Å². The van der Waals surface area contributed by atoms with Crippen molar-refractivity contribution in [3.05, 3.63) is 161 Å². The number of hydrogen-bond donors (Lipinski definition) is 0. The van der Waals surface area contributed by atoms with E-state index >= 15 is 0 Å². The van der Waals surface area contributed by atoms with Crippen LogP contribution >= 0.6 is 0 Å². The van der Waals surface area contributed by atoms with E-state index in [9.17, 15) is 4.79 Å². The Hall–Kier alpha value is -5.61. The van der Waals surface area contributed by atoms with Gasteiger partial charge in [0.25, 0.3) is 0 Å². The van der Waals surface area contributed by atoms with E-state index in [4.69, 9.17) is 9.47 Å². The summed E-state index contributed by atoms with van der Waals surface area (Å²) in [6.07, 6.45) is 6.57. The summed E-state index contributed by atoms with van der Waals surface area (Å²) in [6.45, 7) is 8.28. The Morgan fingerprint density at radius 3 is 1.92 bits per heavy atom. The third kappa shape index (κ3) is 6.07. The number of aryl methyl sites for hydroxylation is 1. The lowest BCUT2D eigenvalue weighted by Gasteiger charge is -2.37. The average Bonchev–Trinajstić information content (AvgIpc) is 3.74. The Balaban J connectivity index is 0.00000193. The predicted octanol–water partition coefficient (Wildman–Crippen LogP) is 11.2. The number of nitrogens with zero attached hydrogens (tertiary/aromatic N) is 1. The van der Waals surface area contributed by atoms with E-state index in [0.29, 0.717) is 11.3 Å². The van der Waals surface area contributed by atoms with Crippen molar-refractivity contribution in [2.75, 3.05) is 25.1 Å². The van der Waals surface area contributed by atoms with Crippen LogP contribution in [0.2, 0.25) is 0 Å². The number of rotatable bonds is 6. The molecule has 0 amide bonds. The van der Waals surface area contributed by atoms with E-state index in [2.05, 4.69) is 121 Å². The number of fused-ring (bicyclic) bond motifs is 3. The number of ether oxygens (including phenoxy) is 2. The molecule has 0 radical (unpaired) electrons. The van der Waals surface area contributed by atoms with Gasteiger partial charge in [-0.15, -0.1) is 0 Å². The fourth-order valence-electron chi connectivity index (χ4n) is 7.18. The molecular weight excluding hydrogens is 615 g/mol. The maximum absolute atomic E-state index is 13.2. The highest BCUT2D eigenvalue weighted by Crippen LogP contribution is 2.47. The first kappa shape index (κ1) is 32.9. The summed E-state index contributed by atoms with van der Waals surface area (Å²) in [4.78, 5) is 15.7. The molecule has 2 aliphatic heterocycles. The normalized spacial score (nSPS) is 16.3. The Kier molecular flexibility index (Phi) is 9.27. The maximum Gasteiger partial charge on any atom is 0.338 e. The summed E-state index contributed by atoms with van der Waals surface area (Å²) < 4.78 is 12.5. The Morgan fingerprint density at radius 1 is 0.700 bits per heavy atom. The molecule has 1 saturated heterocycles. The van der Waals surface area contributed by atoms with Gasteiger partial charge in [0.2, 0.25) is 0 Å². The van der Waals surface area contributed by atoms with Gasteiger partial charge in [-0.25, -0.2) is 4.79 Å². The predicted molar refractivity (Wildman–Crippen MR) is 207 cm³/mol. The third-order valence-electron chi connectivity index (χ3n) is 9.86. The molecule has 4 nitrogen and oxygen atoms in total. The Morgan fingerprint density at radius 2 is 1.28 bits per heavy atom. The van der Waals surface area contributed by atoms with Crippen LogP contribution in [0.3, 0.4) is 0 Å². The first-order chi connectivity index (χ1) is 24.5. The van der Waals surface area contributed by atoms with Crippen molar-refractivity contribution in [1.29, 1.82) is 0 Å². The number of hydrogen-bond acceptors (Lipinski definition) is 4. The molecule has 50 heavy (non-hydrogen) atoms. The zero-order chi connectivity index (χ0) is 34.7. The lowest BCUT2D eigenvalue weighted by Crippen LogP contribution is -2.34. The molecule has 1 fully saturated rings. The SMILES string of the molecule is CC.COC(=O)c1cc2cc(-c3ccc(-c4ccc(C)cc4)cc3)ccc2c2c1C=CC(c1ccccc1)(c1ccc(N3CCCC3)cc1)O2. The molecule has 8 rings (SSSR count). The van der Waals surface area contributed by atoms with Crippen molar-refractivity contribution in [2.45, 2.75) is 39.2 Å². The lowest BCUT2D eigenvalue weighted by molar-refractivity contribution is 0.0599. The van der Waals surface area contributed by atoms with Crippen molar-refractivity contribution in [3.8, 4) is 28.0 Å². The summed E-state index contributed by atoms with van der Waals surface area (Å²) in [5, 5.41) is 1.85. The summed E-state index contributed by atoms with van der Waals surface area (Å²) in [5.41, 5.74) is 9.37. The average molecular weight is 658 g/mol. The van der Waals surface area contributed by atoms with E-state index in [-0.39, 0.29) is 0 Å². The standard InChI is InChI=1S/C44H37NO3.C2H6/c1-30-10-12-31(13-11-30)32-14-16-33(17-15-32)34-18-23-39-35(28-34)29-41(43(46)47-2)40-24-25-44(48-42(39)40,36-8-4-3-5-9-36)37-19-21-38(22-20-37)45-26-6-7-27-45;1-2/h3-5,8-25,28-29H,6-7,26-27H2,1-2H3;1-2H3. The van der Waals surface area contributed by atoms with Crippen molar-refractivity contribution in [1.82, 2.24) is 0 Å². The lowest BCUT2D eigenvalue weighted by atomic mass is 9.82. The minimum absolute atomic E-state index is 0.392. The van der Waals surface area contributed by atoms with Gasteiger partial charge in [0, 0.05) is 40.9 Å². The molecule has 0 N–H and O–H groups in total. The van der Waals surface area contributed by atoms with Crippen molar-refractivity contribution in [3.63, 3.8) is 0 Å². The van der Waals surface area contributed by atoms with Gasteiger partial charge in [0.1, 0.15) is 5.75 Å². The van der Waals surface area contributed by atoms with Crippen LogP contribution in [0.25, 0.3) is 39.1 Å². The number of anilines is 1. The van der Waals surface area contributed by atoms with Gasteiger partial charge in [-0.3, -0.25) is 0 Å². The van der Waals surface area contributed by atoms with Crippen LogP contribution in [0.5, 0.6) is 5.75 Å². The Bertz CT molecular complexity index is 2140. The molecule has 6 aromatic rings. The summed E-state index contributed by atoms with van der Waals surface area (Å²) in [7, 11) is 1.43. The van der Waals surface area contributed by atoms with Gasteiger partial charge in [-0.05, 0) is 83.8 Å². The zero-order valence-corrected chi connectivity index (χ0v) is 29.3. The highest BCUT2D eigenvalue weighted by atomic mass is 16.5. The molecule has 0 aliphatic carbocycles. The van der Waals surface area contributed by atoms with Gasteiger partial charge in [0.15, 0.2) is 5.60 Å². The molecule has 0 spiro atoms. The molecule has 4 heteroatoms. The zero-order valence-electron chi connectivity index (χ0n) is 29.3. The number of carbonyl (C=O) groups excluding carboxylic acids is 1. The van der Waals surface area contributed by atoms with Crippen molar-refractivity contribution in [2.24, 2.45) is 0 Å². The van der Waals surface area contributed by atoms with E-state index < -0.39 is 11.6 Å². The van der Waals surface area contributed by atoms with Crippen LogP contribution in [0.1, 0.15) is 59.3 Å².